The van der Waals surface area contributed by atoms with Crippen molar-refractivity contribution in [3.63, 3.8) is 0 Å². The summed E-state index contributed by atoms with van der Waals surface area (Å²) >= 11 is 0. The second-order valence-corrected chi connectivity index (χ2v) is 7.36. The molecule has 2 N–H and O–H groups in total. The summed E-state index contributed by atoms with van der Waals surface area (Å²) in [5.74, 6) is 1.43. The van der Waals surface area contributed by atoms with Gasteiger partial charge in [-0.25, -0.2) is 4.98 Å². The number of benzene rings is 1. The Morgan fingerprint density at radius 2 is 1.67 bits per heavy atom. The Morgan fingerprint density at radius 3 is 2.33 bits per heavy atom. The first kappa shape index (κ1) is 16.6. The van der Waals surface area contributed by atoms with E-state index in [1.54, 1.807) is 6.20 Å². The van der Waals surface area contributed by atoms with Crippen LogP contribution in [0.25, 0.3) is 0 Å². The summed E-state index contributed by atoms with van der Waals surface area (Å²) in [6.07, 6.45) is 5.71. The number of rotatable bonds is 4. The molecule has 1 aromatic heterocycles. The van der Waals surface area contributed by atoms with Gasteiger partial charge in [0.25, 0.3) is 0 Å². The molecule has 0 atom stereocenters. The lowest BCUT2D eigenvalue weighted by molar-refractivity contribution is 0.578. The van der Waals surface area contributed by atoms with Gasteiger partial charge in [-0.05, 0) is 70.4 Å². The molecule has 5 heteroatoms. The highest BCUT2D eigenvalue weighted by Gasteiger charge is 2.12. The van der Waals surface area contributed by atoms with Crippen molar-refractivity contribution in [1.29, 1.82) is 0 Å². The molecule has 24 heavy (non-hydrogen) atoms. The normalized spacial score (nSPS) is 15.2. The predicted molar refractivity (Wildman–Crippen MR) is 101 cm³/mol. The molecule has 0 radical (unpaired) electrons. The minimum atomic E-state index is -0.0261. The Kier molecular flexibility index (Phi) is 4.88. The third-order valence-corrected chi connectivity index (χ3v) is 4.00. The van der Waals surface area contributed by atoms with Crippen molar-refractivity contribution in [3.05, 3.63) is 36.5 Å². The molecule has 5 nitrogen and oxygen atoms in total. The standard InChI is InChI=1S/C19H27N5/c1-19(2,3)23-17-11-12-20-18(22-17)21-15-7-9-16(10-8-15)24-13-5-4-6-14-24/h7-12H,4-6,13-14H2,1-3H3,(H2,20,21,22,23). The van der Waals surface area contributed by atoms with Gasteiger partial charge < -0.3 is 15.5 Å². The zero-order valence-corrected chi connectivity index (χ0v) is 14.8. The molecule has 2 aromatic rings. The summed E-state index contributed by atoms with van der Waals surface area (Å²) in [4.78, 5) is 11.3. The molecule has 1 saturated heterocycles. The molecule has 1 aliphatic rings. The maximum atomic E-state index is 4.52. The second-order valence-electron chi connectivity index (χ2n) is 7.36. The van der Waals surface area contributed by atoms with Gasteiger partial charge in [0.1, 0.15) is 5.82 Å². The largest absolute Gasteiger partial charge is 0.372 e. The van der Waals surface area contributed by atoms with E-state index >= 15 is 0 Å². The first-order valence-electron chi connectivity index (χ1n) is 8.73. The zero-order valence-electron chi connectivity index (χ0n) is 14.8. The van der Waals surface area contributed by atoms with Crippen LogP contribution >= 0.6 is 0 Å². The van der Waals surface area contributed by atoms with Crippen LogP contribution in [0.15, 0.2) is 36.5 Å². The molecule has 0 amide bonds. The first-order chi connectivity index (χ1) is 11.5. The molecule has 1 aromatic carbocycles. The van der Waals surface area contributed by atoms with Gasteiger partial charge in [-0.3, -0.25) is 0 Å². The highest BCUT2D eigenvalue weighted by molar-refractivity contribution is 5.60. The Labute approximate surface area is 144 Å². The SMILES string of the molecule is CC(C)(C)Nc1ccnc(Nc2ccc(N3CCCCC3)cc2)n1. The van der Waals surface area contributed by atoms with Gasteiger partial charge in [0.05, 0.1) is 0 Å². The lowest BCUT2D eigenvalue weighted by Crippen LogP contribution is -2.29. The predicted octanol–water partition coefficient (Wildman–Crippen LogP) is 4.42. The third kappa shape index (κ3) is 4.60. The summed E-state index contributed by atoms with van der Waals surface area (Å²) in [5.41, 5.74) is 2.27. The van der Waals surface area contributed by atoms with E-state index in [4.69, 9.17) is 0 Å². The fourth-order valence-electron chi connectivity index (χ4n) is 2.91. The molecule has 0 spiro atoms. The Balaban J connectivity index is 1.66. The van der Waals surface area contributed by atoms with E-state index in [0.29, 0.717) is 5.95 Å². The molecule has 0 unspecified atom stereocenters. The minimum absolute atomic E-state index is 0.0261. The molecule has 2 heterocycles. The Hall–Kier alpha value is -2.30. The van der Waals surface area contributed by atoms with Gasteiger partial charge in [0.2, 0.25) is 5.95 Å². The van der Waals surface area contributed by atoms with Crippen molar-refractivity contribution < 1.29 is 0 Å². The zero-order chi connectivity index (χ0) is 17.0. The smallest absolute Gasteiger partial charge is 0.229 e. The van der Waals surface area contributed by atoms with Gasteiger partial charge in [-0.15, -0.1) is 0 Å². The number of anilines is 4. The lowest BCUT2D eigenvalue weighted by Gasteiger charge is -2.28. The van der Waals surface area contributed by atoms with Crippen LogP contribution in [-0.2, 0) is 0 Å². The molecule has 0 aliphatic carbocycles. The Morgan fingerprint density at radius 1 is 0.958 bits per heavy atom. The molecule has 1 fully saturated rings. The number of hydrogen-bond donors (Lipinski definition) is 2. The van der Waals surface area contributed by atoms with Crippen molar-refractivity contribution in [3.8, 4) is 0 Å². The number of hydrogen-bond acceptors (Lipinski definition) is 5. The number of piperidine rings is 1. The van der Waals surface area contributed by atoms with E-state index < -0.39 is 0 Å². The highest BCUT2D eigenvalue weighted by Crippen LogP contribution is 2.23. The summed E-state index contributed by atoms with van der Waals surface area (Å²) < 4.78 is 0. The average Bonchev–Trinajstić information content (AvgIpc) is 2.55. The van der Waals surface area contributed by atoms with Crippen molar-refractivity contribution in [1.82, 2.24) is 9.97 Å². The topological polar surface area (TPSA) is 53.1 Å². The van der Waals surface area contributed by atoms with Gasteiger partial charge >= 0.3 is 0 Å². The highest BCUT2D eigenvalue weighted by atomic mass is 15.2. The molecule has 0 bridgehead atoms. The summed E-state index contributed by atoms with van der Waals surface area (Å²) in [7, 11) is 0. The van der Waals surface area contributed by atoms with E-state index in [2.05, 4.69) is 70.5 Å². The first-order valence-corrected chi connectivity index (χ1v) is 8.73. The monoisotopic (exact) mass is 325 g/mol. The molecule has 1 aliphatic heterocycles. The maximum Gasteiger partial charge on any atom is 0.229 e. The molecular weight excluding hydrogens is 298 g/mol. The van der Waals surface area contributed by atoms with Gasteiger partial charge in [-0.1, -0.05) is 0 Å². The summed E-state index contributed by atoms with van der Waals surface area (Å²) in [6, 6.07) is 10.4. The quantitative estimate of drug-likeness (QED) is 0.871. The van der Waals surface area contributed by atoms with Crippen molar-refractivity contribution in [2.24, 2.45) is 0 Å². The van der Waals surface area contributed by atoms with Crippen LogP contribution in [0.5, 0.6) is 0 Å². The van der Waals surface area contributed by atoms with Crippen LogP contribution in [0.4, 0.5) is 23.1 Å². The van der Waals surface area contributed by atoms with E-state index in [1.165, 1.54) is 24.9 Å². The van der Waals surface area contributed by atoms with Crippen molar-refractivity contribution in [2.75, 3.05) is 28.6 Å². The molecule has 0 saturated carbocycles. The van der Waals surface area contributed by atoms with Gasteiger partial charge in [-0.2, -0.15) is 4.98 Å². The second kappa shape index (κ2) is 7.07. The van der Waals surface area contributed by atoms with Crippen LogP contribution in [-0.4, -0.2) is 28.6 Å². The number of aromatic nitrogens is 2. The van der Waals surface area contributed by atoms with Gasteiger partial charge in [0.15, 0.2) is 0 Å². The summed E-state index contributed by atoms with van der Waals surface area (Å²) in [6.45, 7) is 8.66. The van der Waals surface area contributed by atoms with Crippen molar-refractivity contribution in [2.45, 2.75) is 45.6 Å². The molecule has 128 valence electrons. The van der Waals surface area contributed by atoms with Crippen LogP contribution in [0, 0.1) is 0 Å². The molecule has 3 rings (SSSR count). The maximum absolute atomic E-state index is 4.52. The fraction of sp³-hybridized carbons (Fsp3) is 0.474. The number of nitrogens with zero attached hydrogens (tertiary/aromatic N) is 3. The van der Waals surface area contributed by atoms with Crippen LogP contribution in [0.1, 0.15) is 40.0 Å². The summed E-state index contributed by atoms with van der Waals surface area (Å²) in [5, 5.41) is 6.64. The van der Waals surface area contributed by atoms with Crippen LogP contribution in [0.2, 0.25) is 0 Å². The van der Waals surface area contributed by atoms with E-state index in [-0.39, 0.29) is 5.54 Å². The fourth-order valence-corrected chi connectivity index (χ4v) is 2.91. The van der Waals surface area contributed by atoms with E-state index in [9.17, 15) is 0 Å². The number of nitrogens with one attached hydrogen (secondary N) is 2. The van der Waals surface area contributed by atoms with E-state index in [0.717, 1.165) is 24.6 Å². The molecular formula is C19H27N5. The van der Waals surface area contributed by atoms with Crippen LogP contribution < -0.4 is 15.5 Å². The lowest BCUT2D eigenvalue weighted by atomic mass is 10.1. The average molecular weight is 325 g/mol. The van der Waals surface area contributed by atoms with Crippen LogP contribution in [0.3, 0.4) is 0 Å². The Bertz CT molecular complexity index is 654. The third-order valence-electron chi connectivity index (χ3n) is 4.00. The minimum Gasteiger partial charge on any atom is -0.372 e. The van der Waals surface area contributed by atoms with E-state index in [1.807, 2.05) is 6.07 Å². The van der Waals surface area contributed by atoms with Crippen molar-refractivity contribution >= 4 is 23.1 Å². The van der Waals surface area contributed by atoms with Gasteiger partial charge in [0, 0.05) is 36.2 Å².